The summed E-state index contributed by atoms with van der Waals surface area (Å²) in [7, 11) is -4.26. The molecule has 3 nitrogen and oxygen atoms in total. The summed E-state index contributed by atoms with van der Waals surface area (Å²) in [6, 6.07) is 0. The van der Waals surface area contributed by atoms with Crippen LogP contribution in [0, 0.1) is 11.8 Å². The molecular formula is C9H18Cl3O3P. The van der Waals surface area contributed by atoms with Crippen LogP contribution in [0.15, 0.2) is 0 Å². The molecule has 0 aromatic heterocycles. The molecule has 0 heterocycles. The second kappa shape index (κ2) is 6.26. The first-order valence-corrected chi connectivity index (χ1v) is 8.11. The van der Waals surface area contributed by atoms with Crippen molar-refractivity contribution in [3.05, 3.63) is 0 Å². The van der Waals surface area contributed by atoms with E-state index in [0.717, 1.165) is 0 Å². The van der Waals surface area contributed by atoms with Gasteiger partial charge in [0.15, 0.2) is 0 Å². The molecule has 2 N–H and O–H groups in total. The molecule has 0 saturated carbocycles. The van der Waals surface area contributed by atoms with Gasteiger partial charge in [-0.25, -0.2) is 0 Å². The van der Waals surface area contributed by atoms with Gasteiger partial charge in [0, 0.05) is 11.8 Å². The highest BCUT2D eigenvalue weighted by atomic mass is 35.5. The lowest BCUT2D eigenvalue weighted by molar-refractivity contribution is 0.280. The maximum atomic E-state index is 11.3. The third-order valence-corrected chi connectivity index (χ3v) is 6.70. The Hall–Kier alpha value is 1.02. The van der Waals surface area contributed by atoms with Gasteiger partial charge in [-0.1, -0.05) is 13.8 Å². The van der Waals surface area contributed by atoms with Crippen LogP contribution >= 0.6 is 42.4 Å². The highest BCUT2D eigenvalue weighted by Crippen LogP contribution is 2.54. The molecule has 98 valence electrons. The fraction of sp³-hybridized carbons (Fsp3) is 1.00. The van der Waals surface area contributed by atoms with Crippen LogP contribution in [0.5, 0.6) is 0 Å². The van der Waals surface area contributed by atoms with E-state index < -0.39 is 18.1 Å². The molecule has 0 aliphatic carbocycles. The molecule has 7 heteroatoms. The van der Waals surface area contributed by atoms with Gasteiger partial charge in [0.25, 0.3) is 0 Å². The Balaban J connectivity index is 5.32. The van der Waals surface area contributed by atoms with Crippen molar-refractivity contribution in [2.24, 2.45) is 11.8 Å². The first-order valence-electron chi connectivity index (χ1n) is 4.98. The smallest absolute Gasteiger partial charge is 0.324 e. The fourth-order valence-electron chi connectivity index (χ4n) is 1.80. The lowest BCUT2D eigenvalue weighted by atomic mass is 9.82. The van der Waals surface area contributed by atoms with Crippen molar-refractivity contribution in [1.29, 1.82) is 0 Å². The van der Waals surface area contributed by atoms with Crippen molar-refractivity contribution in [3.63, 3.8) is 0 Å². The Morgan fingerprint density at radius 3 is 1.62 bits per heavy atom. The predicted molar refractivity (Wildman–Crippen MR) is 69.9 cm³/mol. The van der Waals surface area contributed by atoms with Crippen LogP contribution in [0.2, 0.25) is 0 Å². The van der Waals surface area contributed by atoms with Crippen molar-refractivity contribution in [3.8, 4) is 0 Å². The van der Waals surface area contributed by atoms with Gasteiger partial charge in [-0.15, -0.1) is 34.8 Å². The molecule has 0 aromatic carbocycles. The maximum Gasteiger partial charge on any atom is 0.330 e. The Morgan fingerprint density at radius 1 is 1.12 bits per heavy atom. The van der Waals surface area contributed by atoms with E-state index in [4.69, 9.17) is 34.8 Å². The standard InChI is InChI=1S/C9H18Cl3O3P/c1-6(4-10)9(12,7(2)5-11)8(3)16(13,14)15/h6-8H,4-5H2,1-3H3,(H2,13,14,15). The monoisotopic (exact) mass is 310 g/mol. The van der Waals surface area contributed by atoms with E-state index in [1.54, 1.807) is 13.8 Å². The van der Waals surface area contributed by atoms with Gasteiger partial charge in [-0.2, -0.15) is 0 Å². The van der Waals surface area contributed by atoms with Gasteiger partial charge in [0.2, 0.25) is 0 Å². The quantitative estimate of drug-likeness (QED) is 0.584. The summed E-state index contributed by atoms with van der Waals surface area (Å²) in [6.45, 7) is 4.99. The number of rotatable bonds is 6. The van der Waals surface area contributed by atoms with Crippen LogP contribution in [0.1, 0.15) is 20.8 Å². The minimum Gasteiger partial charge on any atom is -0.324 e. The summed E-state index contributed by atoms with van der Waals surface area (Å²) in [5.74, 6) is -0.0242. The number of alkyl halides is 3. The third kappa shape index (κ3) is 3.51. The Kier molecular flexibility index (Phi) is 6.66. The normalized spacial score (nSPS) is 22.2. The fourth-order valence-corrected chi connectivity index (χ4v) is 4.03. The summed E-state index contributed by atoms with van der Waals surface area (Å²) in [4.78, 5) is 17.4. The molecule has 0 saturated heterocycles. The minimum absolute atomic E-state index is 0.231. The van der Waals surface area contributed by atoms with E-state index in [9.17, 15) is 14.4 Å². The van der Waals surface area contributed by atoms with Crippen LogP contribution < -0.4 is 0 Å². The van der Waals surface area contributed by atoms with E-state index in [1.165, 1.54) is 6.92 Å². The van der Waals surface area contributed by atoms with Crippen molar-refractivity contribution in [1.82, 2.24) is 0 Å². The van der Waals surface area contributed by atoms with Crippen LogP contribution in [-0.2, 0) is 4.57 Å². The average Bonchev–Trinajstić information content (AvgIpc) is 2.23. The van der Waals surface area contributed by atoms with E-state index >= 15 is 0 Å². The zero-order valence-electron chi connectivity index (χ0n) is 9.53. The third-order valence-electron chi connectivity index (χ3n) is 3.12. The van der Waals surface area contributed by atoms with Gasteiger partial charge in [0.05, 0.1) is 10.5 Å². The highest BCUT2D eigenvalue weighted by Gasteiger charge is 2.50. The van der Waals surface area contributed by atoms with Crippen LogP contribution in [0.4, 0.5) is 0 Å². The first kappa shape index (κ1) is 17.0. The maximum absolute atomic E-state index is 11.3. The molecular weight excluding hydrogens is 293 g/mol. The van der Waals surface area contributed by atoms with Crippen LogP contribution in [0.3, 0.4) is 0 Å². The number of hydrogen-bond donors (Lipinski definition) is 2. The van der Waals surface area contributed by atoms with Crippen LogP contribution in [-0.4, -0.2) is 32.1 Å². The Labute approximate surface area is 112 Å². The van der Waals surface area contributed by atoms with Gasteiger partial charge in [-0.05, 0) is 18.8 Å². The minimum atomic E-state index is -4.26. The molecule has 0 aliphatic heterocycles. The van der Waals surface area contributed by atoms with Crippen molar-refractivity contribution >= 4 is 42.4 Å². The molecule has 3 atom stereocenters. The summed E-state index contributed by atoms with van der Waals surface area (Å²) < 4.78 is 11.3. The van der Waals surface area contributed by atoms with E-state index in [0.29, 0.717) is 0 Å². The van der Waals surface area contributed by atoms with Crippen molar-refractivity contribution in [2.45, 2.75) is 31.3 Å². The van der Waals surface area contributed by atoms with Crippen LogP contribution in [0.25, 0.3) is 0 Å². The molecule has 0 amide bonds. The van der Waals surface area contributed by atoms with Gasteiger partial charge in [-0.3, -0.25) is 4.57 Å². The molecule has 0 bridgehead atoms. The van der Waals surface area contributed by atoms with Gasteiger partial charge in [0.1, 0.15) is 0 Å². The van der Waals surface area contributed by atoms with E-state index in [-0.39, 0.29) is 23.6 Å². The SMILES string of the molecule is CC(CCl)C(Cl)(C(C)CCl)C(C)P(=O)(O)O. The molecule has 3 unspecified atom stereocenters. The molecule has 0 aromatic rings. The largest absolute Gasteiger partial charge is 0.330 e. The molecule has 0 radical (unpaired) electrons. The zero-order valence-corrected chi connectivity index (χ0v) is 12.7. The van der Waals surface area contributed by atoms with E-state index in [2.05, 4.69) is 0 Å². The average molecular weight is 312 g/mol. The Bertz CT molecular complexity index is 259. The van der Waals surface area contributed by atoms with Gasteiger partial charge >= 0.3 is 7.60 Å². The second-order valence-corrected chi connectivity index (χ2v) is 7.43. The summed E-state index contributed by atoms with van der Waals surface area (Å²) in [6.07, 6.45) is 0. The number of halogens is 3. The highest BCUT2D eigenvalue weighted by molar-refractivity contribution is 7.52. The van der Waals surface area contributed by atoms with E-state index in [1.807, 2.05) is 0 Å². The van der Waals surface area contributed by atoms with Crippen molar-refractivity contribution in [2.75, 3.05) is 11.8 Å². The molecule has 0 fully saturated rings. The lowest BCUT2D eigenvalue weighted by Crippen LogP contribution is -2.48. The topological polar surface area (TPSA) is 57.5 Å². The zero-order chi connectivity index (χ0) is 13.1. The summed E-state index contributed by atoms with van der Waals surface area (Å²) >= 11 is 17.9. The predicted octanol–water partition coefficient (Wildman–Crippen LogP) is 3.28. The Morgan fingerprint density at radius 2 is 1.44 bits per heavy atom. The first-order chi connectivity index (χ1) is 7.12. The summed E-state index contributed by atoms with van der Waals surface area (Å²) in [5.41, 5.74) is -0.982. The summed E-state index contributed by atoms with van der Waals surface area (Å²) in [5, 5.41) is 0. The second-order valence-electron chi connectivity index (χ2n) is 4.20. The number of hydrogen-bond acceptors (Lipinski definition) is 1. The lowest BCUT2D eigenvalue weighted by Gasteiger charge is -2.41. The molecule has 0 spiro atoms. The van der Waals surface area contributed by atoms with Gasteiger partial charge < -0.3 is 9.79 Å². The van der Waals surface area contributed by atoms with Crippen molar-refractivity contribution < 1.29 is 14.4 Å². The molecule has 0 rings (SSSR count). The molecule has 0 aliphatic rings. The molecule has 16 heavy (non-hydrogen) atoms.